The van der Waals surface area contributed by atoms with Crippen LogP contribution in [0.25, 0.3) is 22.3 Å². The van der Waals surface area contributed by atoms with Crippen LogP contribution in [0.4, 0.5) is 8.78 Å². The maximum Gasteiger partial charge on any atom is 0.338 e. The fraction of sp³-hybridized carbons (Fsp3) is 0.273. The van der Waals surface area contributed by atoms with Gasteiger partial charge in [0.1, 0.15) is 11.6 Å². The van der Waals surface area contributed by atoms with Crippen molar-refractivity contribution in [2.45, 2.75) is 46.5 Å². The molecule has 0 aliphatic rings. The molecule has 40 heavy (non-hydrogen) atoms. The first-order valence-corrected chi connectivity index (χ1v) is 13.1. The predicted octanol–water partition coefficient (Wildman–Crippen LogP) is 8.15. The molecule has 5 nitrogen and oxygen atoms in total. The van der Waals surface area contributed by atoms with Crippen LogP contribution >= 0.6 is 0 Å². The van der Waals surface area contributed by atoms with E-state index >= 15 is 4.39 Å². The lowest BCUT2D eigenvalue weighted by molar-refractivity contribution is -0.139. The standard InChI is InChI=1S/C33H34F2O5/c1-21(2)32(36)39-17-9-7-6-8-16-38-31-15-11-25(20-30(31)35)28-13-10-24(19-29(28)34)27-14-12-26(18-23(27)5)40-33(37)22(3)4/h10-15,18-20H,1,3,6-9,16-17H2,2,4-5H3. The third kappa shape index (κ3) is 8.37. The number of ether oxygens (including phenoxy) is 3. The first-order valence-electron chi connectivity index (χ1n) is 13.1. The van der Waals surface area contributed by atoms with E-state index in [1.165, 1.54) is 18.2 Å². The van der Waals surface area contributed by atoms with Crippen molar-refractivity contribution in [3.8, 4) is 33.8 Å². The molecule has 0 atom stereocenters. The molecule has 0 aliphatic heterocycles. The number of hydrogen-bond donors (Lipinski definition) is 0. The Morgan fingerprint density at radius 2 is 1.32 bits per heavy atom. The Balaban J connectivity index is 1.56. The van der Waals surface area contributed by atoms with Crippen LogP contribution in [-0.2, 0) is 14.3 Å². The first-order chi connectivity index (χ1) is 19.1. The summed E-state index contributed by atoms with van der Waals surface area (Å²) in [5.74, 6) is -1.46. The number of carbonyl (C=O) groups is 2. The summed E-state index contributed by atoms with van der Waals surface area (Å²) < 4.78 is 45.7. The van der Waals surface area contributed by atoms with E-state index in [0.717, 1.165) is 36.8 Å². The Hall–Kier alpha value is -4.26. The van der Waals surface area contributed by atoms with Gasteiger partial charge in [-0.15, -0.1) is 0 Å². The normalized spacial score (nSPS) is 10.6. The van der Waals surface area contributed by atoms with Gasteiger partial charge in [-0.2, -0.15) is 0 Å². The topological polar surface area (TPSA) is 61.8 Å². The molecule has 0 saturated carbocycles. The van der Waals surface area contributed by atoms with Crippen LogP contribution in [0.5, 0.6) is 11.5 Å². The quantitative estimate of drug-likeness (QED) is 0.0934. The molecule has 3 aromatic rings. The van der Waals surface area contributed by atoms with Gasteiger partial charge in [-0.05, 0) is 99.0 Å². The van der Waals surface area contributed by atoms with Gasteiger partial charge < -0.3 is 14.2 Å². The van der Waals surface area contributed by atoms with Crippen LogP contribution in [0.1, 0.15) is 45.1 Å². The number of aryl methyl sites for hydroxylation is 1. The minimum Gasteiger partial charge on any atom is -0.491 e. The smallest absolute Gasteiger partial charge is 0.338 e. The van der Waals surface area contributed by atoms with Gasteiger partial charge in [-0.1, -0.05) is 37.4 Å². The van der Waals surface area contributed by atoms with Crippen molar-refractivity contribution in [1.82, 2.24) is 0 Å². The van der Waals surface area contributed by atoms with Crippen LogP contribution in [0.3, 0.4) is 0 Å². The second kappa shape index (κ2) is 14.2. The highest BCUT2D eigenvalue weighted by Crippen LogP contribution is 2.33. The van der Waals surface area contributed by atoms with Crippen molar-refractivity contribution in [3.05, 3.63) is 96.1 Å². The van der Waals surface area contributed by atoms with Gasteiger partial charge in [0.2, 0.25) is 0 Å². The summed E-state index contributed by atoms with van der Waals surface area (Å²) in [6.45, 7) is 12.8. The van der Waals surface area contributed by atoms with E-state index in [-0.39, 0.29) is 17.3 Å². The third-order valence-corrected chi connectivity index (χ3v) is 6.16. The average Bonchev–Trinajstić information content (AvgIpc) is 2.90. The second-order valence-electron chi connectivity index (χ2n) is 9.67. The highest BCUT2D eigenvalue weighted by atomic mass is 19.1. The zero-order valence-corrected chi connectivity index (χ0v) is 23.2. The van der Waals surface area contributed by atoms with E-state index in [1.807, 2.05) is 6.92 Å². The van der Waals surface area contributed by atoms with Gasteiger partial charge in [0, 0.05) is 16.7 Å². The number of esters is 2. The van der Waals surface area contributed by atoms with Crippen LogP contribution in [0.15, 0.2) is 78.9 Å². The van der Waals surface area contributed by atoms with Gasteiger partial charge in [-0.3, -0.25) is 0 Å². The molecule has 0 saturated heterocycles. The molecule has 0 N–H and O–H groups in total. The molecule has 3 rings (SSSR count). The molecule has 0 radical (unpaired) electrons. The Morgan fingerprint density at radius 3 is 1.95 bits per heavy atom. The zero-order chi connectivity index (χ0) is 29.2. The molecule has 0 fully saturated rings. The minimum absolute atomic E-state index is 0.110. The summed E-state index contributed by atoms with van der Waals surface area (Å²) in [6.07, 6.45) is 3.17. The Morgan fingerprint density at radius 1 is 0.725 bits per heavy atom. The number of halogens is 2. The molecule has 0 spiro atoms. The predicted molar refractivity (Wildman–Crippen MR) is 152 cm³/mol. The van der Waals surface area contributed by atoms with Crippen molar-refractivity contribution in [3.63, 3.8) is 0 Å². The minimum atomic E-state index is -0.566. The lowest BCUT2D eigenvalue weighted by Gasteiger charge is -2.12. The Labute approximate surface area is 234 Å². The summed E-state index contributed by atoms with van der Waals surface area (Å²) in [7, 11) is 0. The molecule has 3 aromatic carbocycles. The van der Waals surface area contributed by atoms with Crippen molar-refractivity contribution in [1.29, 1.82) is 0 Å². The summed E-state index contributed by atoms with van der Waals surface area (Å²) in [4.78, 5) is 23.1. The van der Waals surface area contributed by atoms with Crippen LogP contribution in [0.2, 0.25) is 0 Å². The number of unbranched alkanes of at least 4 members (excludes halogenated alkanes) is 3. The average molecular weight is 549 g/mol. The molecule has 0 bridgehead atoms. The first kappa shape index (κ1) is 30.3. The lowest BCUT2D eigenvalue weighted by Crippen LogP contribution is -2.08. The van der Waals surface area contributed by atoms with Crippen LogP contribution in [0, 0.1) is 18.6 Å². The van der Waals surface area contributed by atoms with Crippen molar-refractivity contribution in [2.75, 3.05) is 13.2 Å². The maximum atomic E-state index is 15.1. The van der Waals surface area contributed by atoms with E-state index in [0.29, 0.717) is 41.2 Å². The highest BCUT2D eigenvalue weighted by Gasteiger charge is 2.13. The summed E-state index contributed by atoms with van der Waals surface area (Å²) in [5.41, 5.74) is 3.57. The SMILES string of the molecule is C=C(C)C(=O)OCCCCCCOc1ccc(-c2ccc(-c3ccc(OC(=O)C(=C)C)cc3C)cc2F)cc1F. The largest absolute Gasteiger partial charge is 0.491 e. The molecular weight excluding hydrogens is 514 g/mol. The number of rotatable bonds is 13. The monoisotopic (exact) mass is 548 g/mol. The number of hydrogen-bond acceptors (Lipinski definition) is 5. The molecule has 0 aliphatic carbocycles. The number of carbonyl (C=O) groups excluding carboxylic acids is 2. The zero-order valence-electron chi connectivity index (χ0n) is 23.2. The van der Waals surface area contributed by atoms with Gasteiger partial charge in [-0.25, -0.2) is 18.4 Å². The fourth-order valence-corrected chi connectivity index (χ4v) is 3.95. The van der Waals surface area contributed by atoms with Crippen molar-refractivity contribution in [2.24, 2.45) is 0 Å². The van der Waals surface area contributed by atoms with E-state index in [9.17, 15) is 14.0 Å². The number of benzene rings is 3. The van der Waals surface area contributed by atoms with E-state index in [1.54, 1.807) is 50.2 Å². The molecule has 7 heteroatoms. The van der Waals surface area contributed by atoms with Crippen molar-refractivity contribution >= 4 is 11.9 Å². The van der Waals surface area contributed by atoms with Crippen LogP contribution < -0.4 is 9.47 Å². The molecular formula is C33H34F2O5. The van der Waals surface area contributed by atoms with Gasteiger partial charge in [0.25, 0.3) is 0 Å². The van der Waals surface area contributed by atoms with E-state index in [4.69, 9.17) is 14.2 Å². The Bertz CT molecular complexity index is 1410. The molecule has 0 heterocycles. The van der Waals surface area contributed by atoms with Gasteiger partial charge in [0.05, 0.1) is 13.2 Å². The molecule has 0 unspecified atom stereocenters. The van der Waals surface area contributed by atoms with Crippen molar-refractivity contribution < 1.29 is 32.6 Å². The molecule has 210 valence electrons. The van der Waals surface area contributed by atoms with Gasteiger partial charge in [0.15, 0.2) is 11.6 Å². The summed E-state index contributed by atoms with van der Waals surface area (Å²) in [5, 5.41) is 0. The molecule has 0 amide bonds. The highest BCUT2D eigenvalue weighted by molar-refractivity contribution is 5.89. The van der Waals surface area contributed by atoms with Crippen LogP contribution in [-0.4, -0.2) is 25.2 Å². The summed E-state index contributed by atoms with van der Waals surface area (Å²) >= 11 is 0. The third-order valence-electron chi connectivity index (χ3n) is 6.16. The fourth-order valence-electron chi connectivity index (χ4n) is 3.95. The lowest BCUT2D eigenvalue weighted by atomic mass is 9.96. The molecule has 0 aromatic heterocycles. The summed E-state index contributed by atoms with van der Waals surface area (Å²) in [6, 6.07) is 14.3. The van der Waals surface area contributed by atoms with E-state index in [2.05, 4.69) is 13.2 Å². The second-order valence-corrected chi connectivity index (χ2v) is 9.67. The van der Waals surface area contributed by atoms with Gasteiger partial charge >= 0.3 is 11.9 Å². The Kier molecular flexibility index (Phi) is 10.8. The maximum absolute atomic E-state index is 15.1. The van der Waals surface area contributed by atoms with E-state index < -0.39 is 17.6 Å².